The Hall–Kier alpha value is -3.55. The largest absolute Gasteiger partial charge is 0.497 e. The average molecular weight is 370 g/mol. The summed E-state index contributed by atoms with van der Waals surface area (Å²) in [5.74, 6) is 0.286. The van der Waals surface area contributed by atoms with Crippen molar-refractivity contribution in [3.05, 3.63) is 54.1 Å². The molecular weight excluding hydrogens is 348 g/mol. The Balaban J connectivity index is 1.69. The minimum Gasteiger partial charge on any atom is -0.497 e. The third-order valence-corrected chi connectivity index (χ3v) is 3.51. The number of hydrogen-bond acceptors (Lipinski definition) is 4. The second-order valence-corrected chi connectivity index (χ2v) is 5.62. The molecule has 142 valence electrons. The van der Waals surface area contributed by atoms with Crippen molar-refractivity contribution in [2.45, 2.75) is 6.92 Å². The topological polar surface area (TPSA) is 109 Å². The molecule has 0 saturated carbocycles. The lowest BCUT2D eigenvalue weighted by atomic mass is 10.2. The van der Waals surface area contributed by atoms with Crippen LogP contribution < -0.4 is 26.0 Å². The van der Waals surface area contributed by atoms with E-state index in [0.717, 1.165) is 0 Å². The molecule has 0 aliphatic carbocycles. The molecule has 0 radical (unpaired) electrons. The minimum atomic E-state index is -0.388. The number of nitrogens with one attached hydrogen (secondary N) is 4. The van der Waals surface area contributed by atoms with Crippen LogP contribution in [0.3, 0.4) is 0 Å². The smallest absolute Gasteiger partial charge is 0.319 e. The van der Waals surface area contributed by atoms with E-state index >= 15 is 0 Å². The standard InChI is InChI=1S/C19H22N4O4/c1-13(24)22-15-5-7-16(8-6-15)23-19(26)21-12-11-20-18(25)14-3-9-17(27-2)10-4-14/h3-10H,11-12H2,1-2H3,(H,20,25)(H,22,24)(H2,21,23,26). The minimum absolute atomic E-state index is 0.162. The molecule has 0 aliphatic rings. The Kier molecular flexibility index (Phi) is 7.18. The fourth-order valence-corrected chi connectivity index (χ4v) is 2.21. The van der Waals surface area contributed by atoms with Crippen LogP contribution in [-0.4, -0.2) is 38.0 Å². The number of carbonyl (C=O) groups excluding carboxylic acids is 3. The molecule has 0 saturated heterocycles. The third kappa shape index (κ3) is 6.69. The fraction of sp³-hybridized carbons (Fsp3) is 0.211. The first-order valence-electron chi connectivity index (χ1n) is 8.32. The molecule has 0 unspecified atom stereocenters. The first-order valence-corrected chi connectivity index (χ1v) is 8.32. The highest BCUT2D eigenvalue weighted by Gasteiger charge is 2.06. The van der Waals surface area contributed by atoms with E-state index in [1.54, 1.807) is 55.6 Å². The number of rotatable bonds is 7. The van der Waals surface area contributed by atoms with E-state index in [4.69, 9.17) is 4.74 Å². The van der Waals surface area contributed by atoms with Crippen molar-refractivity contribution in [1.82, 2.24) is 10.6 Å². The number of carbonyl (C=O) groups is 3. The normalized spacial score (nSPS) is 9.85. The Labute approximate surface area is 157 Å². The monoisotopic (exact) mass is 370 g/mol. The van der Waals surface area contributed by atoms with Crippen LogP contribution in [-0.2, 0) is 4.79 Å². The molecule has 0 heterocycles. The SMILES string of the molecule is COc1ccc(C(=O)NCCNC(=O)Nc2ccc(NC(C)=O)cc2)cc1. The molecule has 0 fully saturated rings. The molecule has 2 aromatic carbocycles. The Bertz CT molecular complexity index is 788. The molecule has 2 aromatic rings. The summed E-state index contributed by atoms with van der Waals surface area (Å²) >= 11 is 0. The predicted molar refractivity (Wildman–Crippen MR) is 103 cm³/mol. The van der Waals surface area contributed by atoms with Crippen molar-refractivity contribution in [2.75, 3.05) is 30.8 Å². The quantitative estimate of drug-likeness (QED) is 0.560. The highest BCUT2D eigenvalue weighted by molar-refractivity contribution is 5.94. The Morgan fingerprint density at radius 1 is 0.815 bits per heavy atom. The van der Waals surface area contributed by atoms with Crippen molar-refractivity contribution < 1.29 is 19.1 Å². The summed E-state index contributed by atoms with van der Waals surface area (Å²) in [5.41, 5.74) is 1.75. The summed E-state index contributed by atoms with van der Waals surface area (Å²) < 4.78 is 5.04. The van der Waals surface area contributed by atoms with Crippen molar-refractivity contribution in [3.63, 3.8) is 0 Å². The van der Waals surface area contributed by atoms with Crippen LogP contribution in [0.15, 0.2) is 48.5 Å². The molecule has 0 bridgehead atoms. The molecular formula is C19H22N4O4. The molecule has 0 aromatic heterocycles. The summed E-state index contributed by atoms with van der Waals surface area (Å²) in [6.45, 7) is 1.99. The number of benzene rings is 2. The summed E-state index contributed by atoms with van der Waals surface area (Å²) in [6.07, 6.45) is 0. The zero-order valence-corrected chi connectivity index (χ0v) is 15.2. The van der Waals surface area contributed by atoms with Gasteiger partial charge in [-0.1, -0.05) is 0 Å². The van der Waals surface area contributed by atoms with Crippen LogP contribution in [0.5, 0.6) is 5.75 Å². The van der Waals surface area contributed by atoms with Crippen LogP contribution in [0, 0.1) is 0 Å². The molecule has 8 heteroatoms. The molecule has 0 atom stereocenters. The van der Waals surface area contributed by atoms with Crippen LogP contribution in [0.2, 0.25) is 0 Å². The predicted octanol–water partition coefficient (Wildman–Crippen LogP) is 2.21. The van der Waals surface area contributed by atoms with Gasteiger partial charge in [-0.3, -0.25) is 9.59 Å². The maximum atomic E-state index is 12.0. The highest BCUT2D eigenvalue weighted by atomic mass is 16.5. The van der Waals surface area contributed by atoms with E-state index < -0.39 is 0 Å². The van der Waals surface area contributed by atoms with Gasteiger partial charge in [-0.05, 0) is 48.5 Å². The summed E-state index contributed by atoms with van der Waals surface area (Å²) in [4.78, 5) is 34.8. The molecule has 0 aliphatic heterocycles. The molecule has 2 rings (SSSR count). The lowest BCUT2D eigenvalue weighted by molar-refractivity contribution is -0.114. The van der Waals surface area contributed by atoms with Gasteiger partial charge in [-0.15, -0.1) is 0 Å². The number of urea groups is 1. The van der Waals surface area contributed by atoms with E-state index in [0.29, 0.717) is 29.2 Å². The number of hydrogen-bond donors (Lipinski definition) is 4. The van der Waals surface area contributed by atoms with Gasteiger partial charge >= 0.3 is 6.03 Å². The van der Waals surface area contributed by atoms with Gasteiger partial charge in [0.2, 0.25) is 5.91 Å². The van der Waals surface area contributed by atoms with E-state index in [9.17, 15) is 14.4 Å². The first kappa shape index (κ1) is 19.8. The van der Waals surface area contributed by atoms with Crippen molar-refractivity contribution in [2.24, 2.45) is 0 Å². The molecule has 8 nitrogen and oxygen atoms in total. The van der Waals surface area contributed by atoms with Gasteiger partial charge in [0.1, 0.15) is 5.75 Å². The van der Waals surface area contributed by atoms with Gasteiger partial charge in [0.05, 0.1) is 7.11 Å². The van der Waals surface area contributed by atoms with Gasteiger partial charge in [0.15, 0.2) is 0 Å². The summed E-state index contributed by atoms with van der Waals surface area (Å²) in [6, 6.07) is 13.1. The van der Waals surface area contributed by atoms with Crippen LogP contribution >= 0.6 is 0 Å². The number of anilines is 2. The van der Waals surface area contributed by atoms with Crippen molar-refractivity contribution in [3.8, 4) is 5.75 Å². The van der Waals surface area contributed by atoms with Gasteiger partial charge < -0.3 is 26.0 Å². The lowest BCUT2D eigenvalue weighted by Crippen LogP contribution is -2.36. The van der Waals surface area contributed by atoms with Crippen LogP contribution in [0.4, 0.5) is 16.2 Å². The van der Waals surface area contributed by atoms with E-state index in [-0.39, 0.29) is 24.4 Å². The van der Waals surface area contributed by atoms with Crippen molar-refractivity contribution >= 4 is 29.2 Å². The van der Waals surface area contributed by atoms with E-state index in [2.05, 4.69) is 21.3 Å². The maximum absolute atomic E-state index is 12.0. The maximum Gasteiger partial charge on any atom is 0.319 e. The van der Waals surface area contributed by atoms with Crippen LogP contribution in [0.25, 0.3) is 0 Å². The van der Waals surface area contributed by atoms with Crippen LogP contribution in [0.1, 0.15) is 17.3 Å². The molecule has 0 spiro atoms. The second-order valence-electron chi connectivity index (χ2n) is 5.62. The highest BCUT2D eigenvalue weighted by Crippen LogP contribution is 2.13. The average Bonchev–Trinajstić information content (AvgIpc) is 2.66. The third-order valence-electron chi connectivity index (χ3n) is 3.51. The van der Waals surface area contributed by atoms with E-state index in [1.807, 2.05) is 0 Å². The molecule has 4 amide bonds. The van der Waals surface area contributed by atoms with Gasteiger partial charge in [-0.2, -0.15) is 0 Å². The molecule has 27 heavy (non-hydrogen) atoms. The number of amides is 4. The summed E-state index contributed by atoms with van der Waals surface area (Å²) in [5, 5.41) is 10.7. The zero-order chi connectivity index (χ0) is 19.6. The van der Waals surface area contributed by atoms with Gasteiger partial charge in [0, 0.05) is 37.0 Å². The lowest BCUT2D eigenvalue weighted by Gasteiger charge is -2.09. The van der Waals surface area contributed by atoms with E-state index in [1.165, 1.54) is 6.92 Å². The Morgan fingerprint density at radius 3 is 1.93 bits per heavy atom. The fourth-order valence-electron chi connectivity index (χ4n) is 2.21. The van der Waals surface area contributed by atoms with Gasteiger partial charge in [0.25, 0.3) is 5.91 Å². The molecule has 4 N–H and O–H groups in total. The number of methoxy groups -OCH3 is 1. The Morgan fingerprint density at radius 2 is 1.37 bits per heavy atom. The summed E-state index contributed by atoms with van der Waals surface area (Å²) in [7, 11) is 1.56. The van der Waals surface area contributed by atoms with Crippen molar-refractivity contribution in [1.29, 1.82) is 0 Å². The second kappa shape index (κ2) is 9.81. The first-order chi connectivity index (χ1) is 13.0. The number of ether oxygens (including phenoxy) is 1. The zero-order valence-electron chi connectivity index (χ0n) is 15.2. The van der Waals surface area contributed by atoms with Gasteiger partial charge in [-0.25, -0.2) is 4.79 Å².